The third kappa shape index (κ3) is 2.78. The molecule has 5 heteroatoms. The molecule has 2 N–H and O–H groups in total. The Labute approximate surface area is 90.9 Å². The second-order valence-electron chi connectivity index (χ2n) is 2.80. The van der Waals surface area contributed by atoms with Gasteiger partial charge in [-0.05, 0) is 17.7 Å². The van der Waals surface area contributed by atoms with Crippen LogP contribution in [0.1, 0.15) is 5.56 Å². The van der Waals surface area contributed by atoms with Gasteiger partial charge in [0.05, 0.1) is 6.21 Å². The van der Waals surface area contributed by atoms with Crippen molar-refractivity contribution >= 4 is 22.7 Å². The quantitative estimate of drug-likeness (QED) is 0.615. The lowest BCUT2D eigenvalue weighted by molar-refractivity contribution is 0.475. The zero-order valence-corrected chi connectivity index (χ0v) is 8.61. The van der Waals surface area contributed by atoms with E-state index in [-0.39, 0.29) is 5.75 Å². The van der Waals surface area contributed by atoms with E-state index in [0.29, 0.717) is 0 Å². The van der Waals surface area contributed by atoms with E-state index in [0.717, 1.165) is 10.7 Å². The Hall–Kier alpha value is -1.88. The number of nitrogens with one attached hydrogen (secondary N) is 1. The number of aromatic hydroxyl groups is 1. The Morgan fingerprint density at radius 1 is 1.47 bits per heavy atom. The molecule has 15 heavy (non-hydrogen) atoms. The first-order chi connectivity index (χ1) is 7.34. The first-order valence-electron chi connectivity index (χ1n) is 4.32. The fourth-order valence-corrected chi connectivity index (χ4v) is 1.52. The minimum absolute atomic E-state index is 0.230. The van der Waals surface area contributed by atoms with Gasteiger partial charge in [-0.3, -0.25) is 5.43 Å². The lowest BCUT2D eigenvalue weighted by Crippen LogP contribution is -1.89. The first-order valence-corrected chi connectivity index (χ1v) is 5.20. The van der Waals surface area contributed by atoms with Crippen molar-refractivity contribution in [1.82, 2.24) is 4.98 Å². The van der Waals surface area contributed by atoms with Crippen LogP contribution in [0.5, 0.6) is 5.75 Å². The van der Waals surface area contributed by atoms with E-state index in [2.05, 4.69) is 15.5 Å². The van der Waals surface area contributed by atoms with Gasteiger partial charge in [-0.25, -0.2) is 4.98 Å². The van der Waals surface area contributed by atoms with Gasteiger partial charge in [0.25, 0.3) is 0 Å². The number of anilines is 1. The fourth-order valence-electron chi connectivity index (χ4n) is 1.05. The van der Waals surface area contributed by atoms with Gasteiger partial charge < -0.3 is 5.11 Å². The van der Waals surface area contributed by atoms with E-state index in [1.807, 2.05) is 11.4 Å². The Balaban J connectivity index is 2.00. The van der Waals surface area contributed by atoms with Gasteiger partial charge in [-0.15, -0.1) is 11.3 Å². The molecule has 2 rings (SSSR count). The molecule has 0 atom stereocenters. The van der Waals surface area contributed by atoms with E-state index in [4.69, 9.17) is 0 Å². The highest BCUT2D eigenvalue weighted by Crippen LogP contribution is 2.11. The molecule has 0 spiro atoms. The van der Waals surface area contributed by atoms with Crippen molar-refractivity contribution < 1.29 is 5.11 Å². The predicted molar refractivity (Wildman–Crippen MR) is 61.4 cm³/mol. The summed E-state index contributed by atoms with van der Waals surface area (Å²) in [5, 5.41) is 15.8. The molecule has 1 heterocycles. The summed E-state index contributed by atoms with van der Waals surface area (Å²) >= 11 is 1.48. The Bertz CT molecular complexity index is 453. The maximum Gasteiger partial charge on any atom is 0.203 e. The molecule has 76 valence electrons. The summed E-state index contributed by atoms with van der Waals surface area (Å²) in [6.45, 7) is 0. The number of rotatable bonds is 3. The predicted octanol–water partition coefficient (Wildman–Crippen LogP) is 2.29. The third-order valence-electron chi connectivity index (χ3n) is 1.68. The third-order valence-corrected chi connectivity index (χ3v) is 2.35. The molecule has 0 fully saturated rings. The highest BCUT2D eigenvalue weighted by atomic mass is 32.1. The van der Waals surface area contributed by atoms with Crippen LogP contribution < -0.4 is 5.43 Å². The summed E-state index contributed by atoms with van der Waals surface area (Å²) < 4.78 is 0. The molecule has 0 aliphatic rings. The summed E-state index contributed by atoms with van der Waals surface area (Å²) in [4.78, 5) is 4.01. The summed E-state index contributed by atoms with van der Waals surface area (Å²) in [6.07, 6.45) is 3.33. The standard InChI is InChI=1S/C10H9N3OS/c14-9-3-1-2-8(6-9)7-12-13-10-11-4-5-15-10/h1-7,14H,(H,11,13)/b12-7-. The van der Waals surface area contributed by atoms with Gasteiger partial charge in [0, 0.05) is 11.6 Å². The Morgan fingerprint density at radius 3 is 3.13 bits per heavy atom. The smallest absolute Gasteiger partial charge is 0.203 e. The van der Waals surface area contributed by atoms with E-state index in [1.54, 1.807) is 30.6 Å². The van der Waals surface area contributed by atoms with Crippen LogP contribution in [-0.2, 0) is 0 Å². The van der Waals surface area contributed by atoms with Crippen molar-refractivity contribution in [1.29, 1.82) is 0 Å². The number of hydrogen-bond acceptors (Lipinski definition) is 5. The van der Waals surface area contributed by atoms with Gasteiger partial charge in [-0.2, -0.15) is 5.10 Å². The summed E-state index contributed by atoms with van der Waals surface area (Å²) in [5.74, 6) is 0.230. The normalized spacial score (nSPS) is 10.7. The van der Waals surface area contributed by atoms with Crippen LogP contribution in [0.4, 0.5) is 5.13 Å². The van der Waals surface area contributed by atoms with Crippen LogP contribution in [0.2, 0.25) is 0 Å². The molecule has 1 aromatic carbocycles. The molecule has 0 bridgehead atoms. The summed E-state index contributed by atoms with van der Waals surface area (Å²) in [6, 6.07) is 6.87. The molecule has 0 unspecified atom stereocenters. The average Bonchev–Trinajstić information content (AvgIpc) is 2.71. The summed E-state index contributed by atoms with van der Waals surface area (Å²) in [7, 11) is 0. The number of nitrogens with zero attached hydrogens (tertiary/aromatic N) is 2. The largest absolute Gasteiger partial charge is 0.508 e. The minimum Gasteiger partial charge on any atom is -0.508 e. The van der Waals surface area contributed by atoms with Crippen LogP contribution in [0.25, 0.3) is 0 Å². The van der Waals surface area contributed by atoms with Crippen molar-refractivity contribution in [2.24, 2.45) is 5.10 Å². The van der Waals surface area contributed by atoms with Crippen LogP contribution in [0.15, 0.2) is 40.9 Å². The van der Waals surface area contributed by atoms with Crippen LogP contribution >= 0.6 is 11.3 Å². The van der Waals surface area contributed by atoms with Crippen molar-refractivity contribution in [2.75, 3.05) is 5.43 Å². The minimum atomic E-state index is 0.230. The molecule has 0 saturated carbocycles. The maximum atomic E-state index is 9.20. The van der Waals surface area contributed by atoms with Crippen molar-refractivity contribution in [3.05, 3.63) is 41.4 Å². The second-order valence-corrected chi connectivity index (χ2v) is 3.70. The molecule has 1 aromatic heterocycles. The van der Waals surface area contributed by atoms with E-state index in [1.165, 1.54) is 11.3 Å². The number of aromatic nitrogens is 1. The highest BCUT2D eigenvalue weighted by Gasteiger charge is 1.91. The van der Waals surface area contributed by atoms with Crippen LogP contribution in [0.3, 0.4) is 0 Å². The molecule has 2 aromatic rings. The number of phenolic OH excluding ortho intramolecular Hbond substituents is 1. The molecular weight excluding hydrogens is 210 g/mol. The van der Waals surface area contributed by atoms with Gasteiger partial charge in [-0.1, -0.05) is 12.1 Å². The number of hydrogen-bond donors (Lipinski definition) is 2. The van der Waals surface area contributed by atoms with E-state index < -0.39 is 0 Å². The topological polar surface area (TPSA) is 57.5 Å². The molecule has 0 aliphatic carbocycles. The SMILES string of the molecule is Oc1cccc(/C=N\Nc2nccs2)c1. The number of thiazole rings is 1. The second kappa shape index (κ2) is 4.56. The first kappa shape index (κ1) is 9.67. The molecular formula is C10H9N3OS. The molecule has 0 saturated heterocycles. The van der Waals surface area contributed by atoms with E-state index >= 15 is 0 Å². The van der Waals surface area contributed by atoms with Gasteiger partial charge in [0.2, 0.25) is 5.13 Å². The van der Waals surface area contributed by atoms with Crippen LogP contribution in [0, 0.1) is 0 Å². The van der Waals surface area contributed by atoms with Gasteiger partial charge in [0.15, 0.2) is 0 Å². The Morgan fingerprint density at radius 2 is 2.40 bits per heavy atom. The number of benzene rings is 1. The monoisotopic (exact) mass is 219 g/mol. The number of phenols is 1. The van der Waals surface area contributed by atoms with Crippen LogP contribution in [-0.4, -0.2) is 16.3 Å². The highest BCUT2D eigenvalue weighted by molar-refractivity contribution is 7.13. The Kier molecular flexibility index (Phi) is 2.94. The average molecular weight is 219 g/mol. The molecule has 0 radical (unpaired) electrons. The zero-order chi connectivity index (χ0) is 10.5. The number of hydrazone groups is 1. The van der Waals surface area contributed by atoms with Gasteiger partial charge in [0.1, 0.15) is 5.75 Å². The molecule has 0 aliphatic heterocycles. The fraction of sp³-hybridized carbons (Fsp3) is 0. The van der Waals surface area contributed by atoms with Crippen molar-refractivity contribution in [2.45, 2.75) is 0 Å². The van der Waals surface area contributed by atoms with Gasteiger partial charge >= 0.3 is 0 Å². The lowest BCUT2D eigenvalue weighted by Gasteiger charge is -1.95. The van der Waals surface area contributed by atoms with Crippen molar-refractivity contribution in [3.63, 3.8) is 0 Å². The lowest BCUT2D eigenvalue weighted by atomic mass is 10.2. The maximum absolute atomic E-state index is 9.20. The molecule has 0 amide bonds. The van der Waals surface area contributed by atoms with E-state index in [9.17, 15) is 5.11 Å². The zero-order valence-electron chi connectivity index (χ0n) is 7.79. The molecule has 4 nitrogen and oxygen atoms in total. The van der Waals surface area contributed by atoms with Crippen molar-refractivity contribution in [3.8, 4) is 5.75 Å². The summed E-state index contributed by atoms with van der Waals surface area (Å²) in [5.41, 5.74) is 3.62.